The molecule has 1 unspecified atom stereocenters. The molecule has 0 aromatic heterocycles. The molecule has 20 heavy (non-hydrogen) atoms. The van der Waals surface area contributed by atoms with E-state index >= 15 is 0 Å². The van der Waals surface area contributed by atoms with E-state index in [9.17, 15) is 5.11 Å². The Morgan fingerprint density at radius 3 is 2.55 bits per heavy atom. The summed E-state index contributed by atoms with van der Waals surface area (Å²) in [6.07, 6.45) is 0.837. The van der Waals surface area contributed by atoms with Crippen molar-refractivity contribution in [2.45, 2.75) is 19.4 Å². The van der Waals surface area contributed by atoms with Gasteiger partial charge in [0.25, 0.3) is 0 Å². The molecule has 0 fully saturated rings. The van der Waals surface area contributed by atoms with Gasteiger partial charge in [-0.3, -0.25) is 0 Å². The van der Waals surface area contributed by atoms with Crippen molar-refractivity contribution in [1.29, 1.82) is 5.26 Å². The second-order valence-corrected chi connectivity index (χ2v) is 5.41. The molecule has 0 heterocycles. The molecule has 0 saturated heterocycles. The van der Waals surface area contributed by atoms with Crippen LogP contribution >= 0.6 is 15.9 Å². The summed E-state index contributed by atoms with van der Waals surface area (Å²) in [6, 6.07) is 14.8. The first-order valence-corrected chi connectivity index (χ1v) is 7.18. The summed E-state index contributed by atoms with van der Waals surface area (Å²) in [7, 11) is 0. The van der Waals surface area contributed by atoms with E-state index in [4.69, 9.17) is 5.26 Å². The molecule has 0 radical (unpaired) electrons. The molecule has 0 amide bonds. The van der Waals surface area contributed by atoms with Gasteiger partial charge in [0.1, 0.15) is 5.75 Å². The fraction of sp³-hybridized carbons (Fsp3) is 0.188. The molecule has 0 bridgehead atoms. The van der Waals surface area contributed by atoms with Crippen molar-refractivity contribution in [2.75, 3.05) is 5.32 Å². The van der Waals surface area contributed by atoms with Gasteiger partial charge in [-0.25, -0.2) is 0 Å². The maximum absolute atomic E-state index is 9.99. The van der Waals surface area contributed by atoms with Crippen LogP contribution in [0.15, 0.2) is 46.9 Å². The number of nitrogens with zero attached hydrogens (tertiary/aromatic N) is 1. The van der Waals surface area contributed by atoms with Crippen molar-refractivity contribution in [3.05, 3.63) is 58.1 Å². The lowest BCUT2D eigenvalue weighted by molar-refractivity contribution is 0.462. The average Bonchev–Trinajstić information content (AvgIpc) is 2.48. The summed E-state index contributed by atoms with van der Waals surface area (Å²) in [6.45, 7) is 2.06. The number of phenols is 1. The van der Waals surface area contributed by atoms with Crippen LogP contribution in [0.4, 0.5) is 5.69 Å². The largest absolute Gasteiger partial charge is 0.508 e. The number of halogens is 1. The lowest BCUT2D eigenvalue weighted by atomic mass is 10.0. The number of aromatic hydroxyl groups is 1. The zero-order valence-electron chi connectivity index (χ0n) is 11.1. The van der Waals surface area contributed by atoms with Gasteiger partial charge in [-0.2, -0.15) is 5.26 Å². The van der Waals surface area contributed by atoms with Crippen molar-refractivity contribution in [1.82, 2.24) is 0 Å². The third kappa shape index (κ3) is 3.31. The zero-order valence-corrected chi connectivity index (χ0v) is 12.7. The minimum atomic E-state index is 0.0143. The molecule has 2 aromatic rings. The van der Waals surface area contributed by atoms with Crippen molar-refractivity contribution in [3.63, 3.8) is 0 Å². The summed E-state index contributed by atoms with van der Waals surface area (Å²) >= 11 is 3.42. The Morgan fingerprint density at radius 1 is 1.25 bits per heavy atom. The van der Waals surface area contributed by atoms with Gasteiger partial charge in [-0.15, -0.1) is 0 Å². The molecular weight excluding hydrogens is 316 g/mol. The predicted octanol–water partition coefficient (Wildman–Crippen LogP) is 4.59. The third-order valence-corrected chi connectivity index (χ3v) is 3.62. The SMILES string of the molecule is CCC(Nc1ccc(C#N)cc1)c1cc(Br)ccc1O. The number of nitriles is 1. The van der Waals surface area contributed by atoms with E-state index in [1.165, 1.54) is 0 Å². The van der Waals surface area contributed by atoms with E-state index in [2.05, 4.69) is 34.2 Å². The van der Waals surface area contributed by atoms with Gasteiger partial charge in [0.05, 0.1) is 17.7 Å². The Bertz CT molecular complexity index is 632. The molecule has 0 aliphatic carbocycles. The maximum Gasteiger partial charge on any atom is 0.120 e. The highest BCUT2D eigenvalue weighted by molar-refractivity contribution is 9.10. The number of phenolic OH excluding ortho intramolecular Hbond substituents is 1. The van der Waals surface area contributed by atoms with Gasteiger partial charge in [0.2, 0.25) is 0 Å². The van der Waals surface area contributed by atoms with Crippen molar-refractivity contribution >= 4 is 21.6 Å². The number of hydrogen-bond acceptors (Lipinski definition) is 3. The summed E-state index contributed by atoms with van der Waals surface area (Å²) in [5.74, 6) is 0.279. The molecule has 0 saturated carbocycles. The summed E-state index contributed by atoms with van der Waals surface area (Å²) in [4.78, 5) is 0. The molecule has 102 valence electrons. The van der Waals surface area contributed by atoms with Crippen LogP contribution in [0.5, 0.6) is 5.75 Å². The number of hydrogen-bond donors (Lipinski definition) is 2. The smallest absolute Gasteiger partial charge is 0.120 e. The molecule has 0 aliphatic heterocycles. The van der Waals surface area contributed by atoms with Gasteiger partial charge in [0, 0.05) is 15.7 Å². The summed E-state index contributed by atoms with van der Waals surface area (Å²) in [5.41, 5.74) is 2.41. The van der Waals surface area contributed by atoms with Gasteiger partial charge in [-0.05, 0) is 48.9 Å². The van der Waals surface area contributed by atoms with Crippen LogP contribution in [0.2, 0.25) is 0 Å². The average molecular weight is 331 g/mol. The van der Waals surface area contributed by atoms with Crippen LogP contribution in [0.3, 0.4) is 0 Å². The van der Waals surface area contributed by atoms with E-state index in [0.717, 1.165) is 22.1 Å². The molecule has 0 spiro atoms. The Labute approximate surface area is 127 Å². The molecule has 2 aromatic carbocycles. The normalized spacial score (nSPS) is 11.7. The van der Waals surface area contributed by atoms with E-state index in [1.54, 1.807) is 18.2 Å². The van der Waals surface area contributed by atoms with Crippen LogP contribution in [-0.4, -0.2) is 5.11 Å². The Kier molecular flexibility index (Phi) is 4.65. The maximum atomic E-state index is 9.99. The molecule has 2 N–H and O–H groups in total. The zero-order chi connectivity index (χ0) is 14.5. The molecule has 1 atom stereocenters. The van der Waals surface area contributed by atoms with Gasteiger partial charge < -0.3 is 10.4 Å². The monoisotopic (exact) mass is 330 g/mol. The minimum Gasteiger partial charge on any atom is -0.508 e. The summed E-state index contributed by atoms with van der Waals surface area (Å²) in [5, 5.41) is 22.2. The lowest BCUT2D eigenvalue weighted by Crippen LogP contribution is -2.10. The minimum absolute atomic E-state index is 0.0143. The van der Waals surface area contributed by atoms with Gasteiger partial charge in [-0.1, -0.05) is 22.9 Å². The van der Waals surface area contributed by atoms with Crippen molar-refractivity contribution in [2.24, 2.45) is 0 Å². The van der Waals surface area contributed by atoms with E-state index in [-0.39, 0.29) is 11.8 Å². The fourth-order valence-electron chi connectivity index (χ4n) is 2.05. The number of rotatable bonds is 4. The molecule has 2 rings (SSSR count). The fourth-order valence-corrected chi connectivity index (χ4v) is 2.43. The van der Waals surface area contributed by atoms with Crippen molar-refractivity contribution in [3.8, 4) is 11.8 Å². The van der Waals surface area contributed by atoms with Crippen LogP contribution in [0.25, 0.3) is 0 Å². The first-order chi connectivity index (χ1) is 9.63. The highest BCUT2D eigenvalue weighted by Crippen LogP contribution is 2.31. The van der Waals surface area contributed by atoms with Crippen LogP contribution in [0, 0.1) is 11.3 Å². The lowest BCUT2D eigenvalue weighted by Gasteiger charge is -2.20. The highest BCUT2D eigenvalue weighted by Gasteiger charge is 2.14. The second-order valence-electron chi connectivity index (χ2n) is 4.50. The van der Waals surface area contributed by atoms with Crippen LogP contribution < -0.4 is 5.32 Å². The van der Waals surface area contributed by atoms with E-state index in [0.29, 0.717) is 5.56 Å². The molecule has 0 aliphatic rings. The first-order valence-electron chi connectivity index (χ1n) is 6.39. The number of nitrogens with one attached hydrogen (secondary N) is 1. The van der Waals surface area contributed by atoms with Crippen LogP contribution in [-0.2, 0) is 0 Å². The first kappa shape index (κ1) is 14.4. The molecular formula is C16H15BrN2O. The summed E-state index contributed by atoms with van der Waals surface area (Å²) < 4.78 is 0.936. The van der Waals surface area contributed by atoms with Crippen LogP contribution in [0.1, 0.15) is 30.5 Å². The van der Waals surface area contributed by atoms with Crippen molar-refractivity contribution < 1.29 is 5.11 Å². The Balaban J connectivity index is 2.24. The van der Waals surface area contributed by atoms with Gasteiger partial charge >= 0.3 is 0 Å². The standard InChI is InChI=1S/C16H15BrN2O/c1-2-15(14-9-12(17)5-8-16(14)20)19-13-6-3-11(10-18)4-7-13/h3-9,15,19-20H,2H2,1H3. The number of benzene rings is 2. The highest BCUT2D eigenvalue weighted by atomic mass is 79.9. The predicted molar refractivity (Wildman–Crippen MR) is 83.6 cm³/mol. The molecule has 4 heteroatoms. The third-order valence-electron chi connectivity index (χ3n) is 3.13. The van der Waals surface area contributed by atoms with E-state index in [1.807, 2.05) is 24.3 Å². The Hall–Kier alpha value is -1.99. The second kappa shape index (κ2) is 6.44. The van der Waals surface area contributed by atoms with E-state index < -0.39 is 0 Å². The number of anilines is 1. The van der Waals surface area contributed by atoms with Gasteiger partial charge in [0.15, 0.2) is 0 Å². The topological polar surface area (TPSA) is 56.0 Å². The Morgan fingerprint density at radius 2 is 1.95 bits per heavy atom. The quantitative estimate of drug-likeness (QED) is 0.861. The molecule has 3 nitrogen and oxygen atoms in total.